The number of aliphatic carboxylic acids is 1. The van der Waals surface area contributed by atoms with Gasteiger partial charge >= 0.3 is 5.97 Å². The van der Waals surface area contributed by atoms with E-state index < -0.39 is 17.0 Å². The lowest BCUT2D eigenvalue weighted by molar-refractivity contribution is -0.387. The summed E-state index contributed by atoms with van der Waals surface area (Å²) < 4.78 is 5.31. The molecule has 0 spiro atoms. The van der Waals surface area contributed by atoms with Crippen molar-refractivity contribution in [1.29, 1.82) is 0 Å². The summed E-state index contributed by atoms with van der Waals surface area (Å²) in [4.78, 5) is 35.3. The molecule has 1 unspecified atom stereocenters. The third-order valence-corrected chi connectivity index (χ3v) is 4.65. The molecule has 8 nitrogen and oxygen atoms in total. The number of nitro benzene ring substituents is 1. The second-order valence-electron chi connectivity index (χ2n) is 5.09. The Labute approximate surface area is 146 Å². The van der Waals surface area contributed by atoms with Crippen LogP contribution < -0.4 is 0 Å². The molecular formula is C14H15ClN2O6S. The number of carboxylic acids is 1. The molecule has 24 heavy (non-hydrogen) atoms. The van der Waals surface area contributed by atoms with E-state index in [0.717, 1.165) is 11.8 Å². The fourth-order valence-corrected chi connectivity index (χ4v) is 3.32. The molecule has 1 fully saturated rings. The molecule has 1 heterocycles. The average Bonchev–Trinajstić information content (AvgIpc) is 2.52. The van der Waals surface area contributed by atoms with Crippen molar-refractivity contribution >= 4 is 40.9 Å². The number of nitro groups is 1. The number of carboxylic acid groups (broad SMARTS) is 1. The standard InChI is InChI=1S/C14H15ClN2O6S/c15-9-1-2-12(11(5-9)17(21)22)24-8-13(18)16-3-4-23-10(7-16)6-14(19)20/h1-2,5,10H,3-4,6-8H2,(H,19,20). The number of amides is 1. The van der Waals surface area contributed by atoms with Gasteiger partial charge in [-0.15, -0.1) is 11.8 Å². The number of rotatable bonds is 6. The summed E-state index contributed by atoms with van der Waals surface area (Å²) in [5, 5.41) is 20.1. The minimum Gasteiger partial charge on any atom is -0.481 e. The van der Waals surface area contributed by atoms with Gasteiger partial charge in [-0.05, 0) is 12.1 Å². The van der Waals surface area contributed by atoms with Crippen molar-refractivity contribution in [2.24, 2.45) is 0 Å². The molecule has 1 saturated heterocycles. The van der Waals surface area contributed by atoms with Crippen molar-refractivity contribution in [3.05, 3.63) is 33.3 Å². The van der Waals surface area contributed by atoms with E-state index in [4.69, 9.17) is 21.4 Å². The summed E-state index contributed by atoms with van der Waals surface area (Å²) in [6.45, 7) is 0.849. The quantitative estimate of drug-likeness (QED) is 0.461. The van der Waals surface area contributed by atoms with Gasteiger partial charge in [0.15, 0.2) is 0 Å². The van der Waals surface area contributed by atoms with Gasteiger partial charge in [-0.1, -0.05) is 11.6 Å². The highest BCUT2D eigenvalue weighted by atomic mass is 35.5. The normalized spacial score (nSPS) is 17.5. The van der Waals surface area contributed by atoms with E-state index in [-0.39, 0.29) is 41.9 Å². The number of ether oxygens (including phenoxy) is 1. The zero-order chi connectivity index (χ0) is 17.7. The molecule has 2 rings (SSSR count). The van der Waals surface area contributed by atoms with E-state index in [1.807, 2.05) is 0 Å². The first-order valence-corrected chi connectivity index (χ1v) is 8.41. The van der Waals surface area contributed by atoms with Crippen molar-refractivity contribution < 1.29 is 24.4 Å². The lowest BCUT2D eigenvalue weighted by atomic mass is 10.2. The number of benzene rings is 1. The maximum Gasteiger partial charge on any atom is 0.306 e. The minimum atomic E-state index is -0.986. The van der Waals surface area contributed by atoms with Gasteiger partial charge in [0.25, 0.3) is 5.69 Å². The fourth-order valence-electron chi connectivity index (χ4n) is 2.25. The summed E-state index contributed by atoms with van der Waals surface area (Å²) in [6.07, 6.45) is -0.699. The first-order chi connectivity index (χ1) is 11.4. The Bertz CT molecular complexity index is 656. The van der Waals surface area contributed by atoms with E-state index in [1.54, 1.807) is 0 Å². The van der Waals surface area contributed by atoms with Crippen LogP contribution in [-0.2, 0) is 14.3 Å². The summed E-state index contributed by atoms with van der Waals surface area (Å²) >= 11 is 6.80. The Morgan fingerprint density at radius 1 is 1.50 bits per heavy atom. The van der Waals surface area contributed by atoms with Gasteiger partial charge in [0, 0.05) is 24.2 Å². The van der Waals surface area contributed by atoms with Crippen molar-refractivity contribution in [2.45, 2.75) is 17.4 Å². The minimum absolute atomic E-state index is 0.0161. The van der Waals surface area contributed by atoms with Crippen LogP contribution in [0.1, 0.15) is 6.42 Å². The second-order valence-corrected chi connectivity index (χ2v) is 6.54. The Morgan fingerprint density at radius 3 is 2.92 bits per heavy atom. The van der Waals surface area contributed by atoms with Crippen LogP contribution in [0.4, 0.5) is 5.69 Å². The van der Waals surface area contributed by atoms with Crippen molar-refractivity contribution in [3.8, 4) is 0 Å². The van der Waals surface area contributed by atoms with Gasteiger partial charge in [0.05, 0.1) is 34.7 Å². The largest absolute Gasteiger partial charge is 0.481 e. The Kier molecular flexibility index (Phi) is 6.41. The molecule has 1 aliphatic heterocycles. The number of morpholine rings is 1. The fraction of sp³-hybridized carbons (Fsp3) is 0.429. The van der Waals surface area contributed by atoms with E-state index in [1.165, 1.54) is 23.1 Å². The Balaban J connectivity index is 1.96. The molecule has 1 aliphatic rings. The molecule has 10 heteroatoms. The van der Waals surface area contributed by atoms with Crippen LogP contribution in [0.15, 0.2) is 23.1 Å². The van der Waals surface area contributed by atoms with Crippen LogP contribution in [0, 0.1) is 10.1 Å². The monoisotopic (exact) mass is 374 g/mol. The zero-order valence-corrected chi connectivity index (χ0v) is 14.1. The van der Waals surface area contributed by atoms with Gasteiger partial charge in [0.1, 0.15) is 0 Å². The van der Waals surface area contributed by atoms with Crippen LogP contribution in [0.3, 0.4) is 0 Å². The molecule has 0 saturated carbocycles. The smallest absolute Gasteiger partial charge is 0.306 e. The van der Waals surface area contributed by atoms with Gasteiger partial charge < -0.3 is 14.7 Å². The van der Waals surface area contributed by atoms with Gasteiger partial charge in [0.2, 0.25) is 5.91 Å². The van der Waals surface area contributed by atoms with E-state index in [9.17, 15) is 19.7 Å². The number of halogens is 1. The van der Waals surface area contributed by atoms with Gasteiger partial charge in [-0.25, -0.2) is 0 Å². The molecule has 130 valence electrons. The number of carbonyl (C=O) groups excluding carboxylic acids is 1. The third kappa shape index (κ3) is 5.08. The molecule has 0 bridgehead atoms. The highest BCUT2D eigenvalue weighted by Gasteiger charge is 2.26. The number of nitrogens with zero attached hydrogens (tertiary/aromatic N) is 2. The molecule has 1 atom stereocenters. The first kappa shape index (κ1) is 18.5. The Hall–Kier alpha value is -1.84. The lowest BCUT2D eigenvalue weighted by Crippen LogP contribution is -2.46. The zero-order valence-electron chi connectivity index (χ0n) is 12.5. The molecular weight excluding hydrogens is 360 g/mol. The highest BCUT2D eigenvalue weighted by molar-refractivity contribution is 8.00. The lowest BCUT2D eigenvalue weighted by Gasteiger charge is -2.32. The topological polar surface area (TPSA) is 110 Å². The van der Waals surface area contributed by atoms with Crippen molar-refractivity contribution in [3.63, 3.8) is 0 Å². The van der Waals surface area contributed by atoms with Crippen LogP contribution >= 0.6 is 23.4 Å². The van der Waals surface area contributed by atoms with Crippen molar-refractivity contribution in [2.75, 3.05) is 25.4 Å². The number of hydrogen-bond donors (Lipinski definition) is 1. The molecule has 0 aromatic heterocycles. The third-order valence-electron chi connectivity index (χ3n) is 3.36. The number of carbonyl (C=O) groups is 2. The van der Waals surface area contributed by atoms with Crippen LogP contribution in [0.5, 0.6) is 0 Å². The summed E-state index contributed by atoms with van der Waals surface area (Å²) in [7, 11) is 0. The maximum atomic E-state index is 12.3. The molecule has 1 aromatic carbocycles. The van der Waals surface area contributed by atoms with Crippen LogP contribution in [0.2, 0.25) is 5.02 Å². The molecule has 0 aliphatic carbocycles. The Morgan fingerprint density at radius 2 is 2.25 bits per heavy atom. The molecule has 1 N–H and O–H groups in total. The predicted molar refractivity (Wildman–Crippen MR) is 87.4 cm³/mol. The molecule has 1 aromatic rings. The van der Waals surface area contributed by atoms with Crippen molar-refractivity contribution in [1.82, 2.24) is 4.90 Å². The first-order valence-electron chi connectivity index (χ1n) is 7.04. The van der Waals surface area contributed by atoms with E-state index in [0.29, 0.717) is 11.4 Å². The highest BCUT2D eigenvalue weighted by Crippen LogP contribution is 2.31. The summed E-state index contributed by atoms with van der Waals surface area (Å²) in [5.74, 6) is -1.19. The molecule has 1 amide bonds. The van der Waals surface area contributed by atoms with Crippen LogP contribution in [-0.4, -0.2) is 58.4 Å². The van der Waals surface area contributed by atoms with Gasteiger partial charge in [-0.2, -0.15) is 0 Å². The second kappa shape index (κ2) is 8.32. The van der Waals surface area contributed by atoms with Gasteiger partial charge in [-0.3, -0.25) is 19.7 Å². The predicted octanol–water partition coefficient (Wildman–Crippen LogP) is 2.04. The summed E-state index contributed by atoms with van der Waals surface area (Å²) in [5.41, 5.74) is -0.147. The number of thioether (sulfide) groups is 1. The summed E-state index contributed by atoms with van der Waals surface area (Å²) in [6, 6.07) is 4.27. The number of hydrogen-bond acceptors (Lipinski definition) is 6. The van der Waals surface area contributed by atoms with E-state index >= 15 is 0 Å². The van der Waals surface area contributed by atoms with Crippen LogP contribution in [0.25, 0.3) is 0 Å². The average molecular weight is 375 g/mol. The van der Waals surface area contributed by atoms with E-state index in [2.05, 4.69) is 0 Å². The molecule has 0 radical (unpaired) electrons. The SMILES string of the molecule is O=C(O)CC1CN(C(=O)CSc2ccc(Cl)cc2[N+](=O)[O-])CCO1. The maximum absolute atomic E-state index is 12.3.